The molecule has 1 aromatic carbocycles. The minimum absolute atomic E-state index is 0.0644. The summed E-state index contributed by atoms with van der Waals surface area (Å²) in [6, 6.07) is 7.53. The van der Waals surface area contributed by atoms with Gasteiger partial charge in [-0.1, -0.05) is 24.2 Å². The average molecular weight is 300 g/mol. The maximum Gasteiger partial charge on any atom is 0.251 e. The summed E-state index contributed by atoms with van der Waals surface area (Å²) in [7, 11) is 0. The van der Waals surface area contributed by atoms with E-state index in [0.29, 0.717) is 25.3 Å². The Balaban J connectivity index is 1.77. The molecule has 1 saturated heterocycles. The second kappa shape index (κ2) is 5.57. The third-order valence-corrected chi connectivity index (χ3v) is 4.02. The topological polar surface area (TPSA) is 64.4 Å². The quantitative estimate of drug-likeness (QED) is 0.943. The first-order valence-corrected chi connectivity index (χ1v) is 7.38. The first-order valence-electron chi connectivity index (χ1n) is 7.38. The number of rotatable bonds is 4. The Kier molecular flexibility index (Phi) is 3.74. The van der Waals surface area contributed by atoms with Crippen LogP contribution in [0.2, 0.25) is 0 Å². The average Bonchev–Trinajstić information content (AvgIpc) is 2.82. The van der Waals surface area contributed by atoms with Crippen molar-refractivity contribution < 1.29 is 14.1 Å². The van der Waals surface area contributed by atoms with Crippen LogP contribution in [0.5, 0.6) is 0 Å². The molecule has 0 saturated carbocycles. The third kappa shape index (κ3) is 2.76. The number of hydrogen-bond acceptors (Lipinski definition) is 4. The smallest absolute Gasteiger partial charge is 0.251 e. The molecule has 1 aromatic heterocycles. The Morgan fingerprint density at radius 3 is 2.73 bits per heavy atom. The Hall–Kier alpha value is -2.14. The number of benzene rings is 1. The second-order valence-electron chi connectivity index (χ2n) is 6.27. The minimum Gasteiger partial charge on any atom is -0.380 e. The van der Waals surface area contributed by atoms with Gasteiger partial charge in [0.05, 0.1) is 18.9 Å². The van der Waals surface area contributed by atoms with Gasteiger partial charge in [-0.3, -0.25) is 4.79 Å². The molecule has 0 spiro atoms. The van der Waals surface area contributed by atoms with E-state index < -0.39 is 0 Å². The maximum absolute atomic E-state index is 12.3. The molecule has 2 aromatic rings. The highest BCUT2D eigenvalue weighted by molar-refractivity contribution is 5.95. The standard InChI is InChI=1S/C17H20N2O3/c1-11-15(12(2)22-19-11)13-5-4-6-14(7-13)16(20)18-8-17(3)9-21-10-17/h4-7H,8-10H2,1-3H3,(H,18,20). The molecule has 0 atom stereocenters. The number of carbonyl (C=O) groups is 1. The van der Waals surface area contributed by atoms with E-state index in [1.54, 1.807) is 0 Å². The lowest BCUT2D eigenvalue weighted by Gasteiger charge is -2.38. The molecule has 1 N–H and O–H groups in total. The van der Waals surface area contributed by atoms with Crippen molar-refractivity contribution in [3.63, 3.8) is 0 Å². The lowest BCUT2D eigenvalue weighted by Crippen LogP contribution is -2.48. The van der Waals surface area contributed by atoms with Gasteiger partial charge in [-0.15, -0.1) is 0 Å². The number of ether oxygens (including phenoxy) is 1. The number of nitrogens with one attached hydrogen (secondary N) is 1. The highest BCUT2D eigenvalue weighted by Gasteiger charge is 2.33. The van der Waals surface area contributed by atoms with E-state index in [0.717, 1.165) is 22.6 Å². The summed E-state index contributed by atoms with van der Waals surface area (Å²) in [6.45, 7) is 7.91. The molecule has 0 radical (unpaired) electrons. The summed E-state index contributed by atoms with van der Waals surface area (Å²) < 4.78 is 10.4. The first kappa shape index (κ1) is 14.8. The molecule has 5 heteroatoms. The van der Waals surface area contributed by atoms with Gasteiger partial charge in [-0.2, -0.15) is 0 Å². The van der Waals surface area contributed by atoms with Crippen LogP contribution < -0.4 is 5.32 Å². The van der Waals surface area contributed by atoms with Crippen LogP contribution in [0.15, 0.2) is 28.8 Å². The number of aromatic nitrogens is 1. The summed E-state index contributed by atoms with van der Waals surface area (Å²) in [5, 5.41) is 6.95. The van der Waals surface area contributed by atoms with Crippen LogP contribution in [-0.2, 0) is 4.74 Å². The van der Waals surface area contributed by atoms with Crippen molar-refractivity contribution in [3.05, 3.63) is 41.3 Å². The SMILES string of the molecule is Cc1noc(C)c1-c1cccc(C(=O)NCC2(C)COC2)c1. The number of hydrogen-bond donors (Lipinski definition) is 1. The van der Waals surface area contributed by atoms with E-state index in [9.17, 15) is 4.79 Å². The van der Waals surface area contributed by atoms with Gasteiger partial charge in [0.2, 0.25) is 0 Å². The van der Waals surface area contributed by atoms with Gasteiger partial charge in [0.1, 0.15) is 5.76 Å². The van der Waals surface area contributed by atoms with Gasteiger partial charge >= 0.3 is 0 Å². The van der Waals surface area contributed by atoms with Crippen molar-refractivity contribution in [2.75, 3.05) is 19.8 Å². The van der Waals surface area contributed by atoms with Crippen LogP contribution in [0.4, 0.5) is 0 Å². The summed E-state index contributed by atoms with van der Waals surface area (Å²) in [5.74, 6) is 0.691. The molecule has 0 unspecified atom stereocenters. The Morgan fingerprint density at radius 2 is 2.14 bits per heavy atom. The zero-order chi connectivity index (χ0) is 15.7. The summed E-state index contributed by atoms with van der Waals surface area (Å²) in [6.07, 6.45) is 0. The number of amides is 1. The van der Waals surface area contributed by atoms with Crippen molar-refractivity contribution >= 4 is 5.91 Å². The molecule has 22 heavy (non-hydrogen) atoms. The zero-order valence-corrected chi connectivity index (χ0v) is 13.1. The molecule has 1 fully saturated rings. The van der Waals surface area contributed by atoms with Gasteiger partial charge in [-0.25, -0.2) is 0 Å². The minimum atomic E-state index is -0.0678. The van der Waals surface area contributed by atoms with Crippen molar-refractivity contribution in [1.29, 1.82) is 0 Å². The molecule has 1 aliphatic heterocycles. The second-order valence-corrected chi connectivity index (χ2v) is 6.27. The Morgan fingerprint density at radius 1 is 1.36 bits per heavy atom. The van der Waals surface area contributed by atoms with E-state index >= 15 is 0 Å². The van der Waals surface area contributed by atoms with Crippen LogP contribution >= 0.6 is 0 Å². The predicted molar refractivity (Wildman–Crippen MR) is 82.7 cm³/mol. The summed E-state index contributed by atoms with van der Waals surface area (Å²) >= 11 is 0. The fraction of sp³-hybridized carbons (Fsp3) is 0.412. The van der Waals surface area contributed by atoms with E-state index in [2.05, 4.69) is 17.4 Å². The fourth-order valence-electron chi connectivity index (χ4n) is 2.66. The van der Waals surface area contributed by atoms with Gasteiger partial charge in [-0.05, 0) is 31.5 Å². The van der Waals surface area contributed by atoms with Crippen LogP contribution in [0.25, 0.3) is 11.1 Å². The largest absolute Gasteiger partial charge is 0.380 e. The van der Waals surface area contributed by atoms with E-state index in [4.69, 9.17) is 9.26 Å². The summed E-state index contributed by atoms with van der Waals surface area (Å²) in [5.41, 5.74) is 3.43. The van der Waals surface area contributed by atoms with E-state index in [1.165, 1.54) is 0 Å². The molecule has 116 valence electrons. The van der Waals surface area contributed by atoms with Gasteiger partial charge in [0.15, 0.2) is 0 Å². The summed E-state index contributed by atoms with van der Waals surface area (Å²) in [4.78, 5) is 12.3. The molecule has 5 nitrogen and oxygen atoms in total. The maximum atomic E-state index is 12.3. The fourth-order valence-corrected chi connectivity index (χ4v) is 2.66. The monoisotopic (exact) mass is 300 g/mol. The highest BCUT2D eigenvalue weighted by atomic mass is 16.5. The molecule has 1 amide bonds. The van der Waals surface area contributed by atoms with E-state index in [1.807, 2.05) is 38.1 Å². The normalized spacial score (nSPS) is 16.1. The van der Waals surface area contributed by atoms with Gasteiger partial charge in [0, 0.05) is 23.1 Å². The first-order chi connectivity index (χ1) is 10.5. The number of carbonyl (C=O) groups excluding carboxylic acids is 1. The van der Waals surface area contributed by atoms with Crippen LogP contribution in [-0.4, -0.2) is 30.8 Å². The molecule has 0 aliphatic carbocycles. The van der Waals surface area contributed by atoms with Crippen LogP contribution in [0.3, 0.4) is 0 Å². The van der Waals surface area contributed by atoms with Crippen LogP contribution in [0.1, 0.15) is 28.7 Å². The van der Waals surface area contributed by atoms with Crippen molar-refractivity contribution in [2.45, 2.75) is 20.8 Å². The highest BCUT2D eigenvalue weighted by Crippen LogP contribution is 2.28. The van der Waals surface area contributed by atoms with Crippen LogP contribution in [0, 0.1) is 19.3 Å². The van der Waals surface area contributed by atoms with Crippen molar-refractivity contribution in [2.24, 2.45) is 5.41 Å². The van der Waals surface area contributed by atoms with Crippen molar-refractivity contribution in [3.8, 4) is 11.1 Å². The Bertz CT molecular complexity index is 682. The lowest BCUT2D eigenvalue weighted by atomic mass is 9.88. The third-order valence-electron chi connectivity index (χ3n) is 4.02. The number of aryl methyl sites for hydroxylation is 2. The van der Waals surface area contributed by atoms with Gasteiger partial charge < -0.3 is 14.6 Å². The molecule has 1 aliphatic rings. The molecule has 0 bridgehead atoms. The number of nitrogens with zero attached hydrogens (tertiary/aromatic N) is 1. The van der Waals surface area contributed by atoms with Gasteiger partial charge in [0.25, 0.3) is 5.91 Å². The molecule has 2 heterocycles. The van der Waals surface area contributed by atoms with Crippen molar-refractivity contribution in [1.82, 2.24) is 10.5 Å². The lowest BCUT2D eigenvalue weighted by molar-refractivity contribution is -0.0978. The predicted octanol–water partition coefficient (Wildman–Crippen LogP) is 2.72. The molecule has 3 rings (SSSR count). The van der Waals surface area contributed by atoms with E-state index in [-0.39, 0.29) is 11.3 Å². The Labute approximate surface area is 129 Å². The molecular weight excluding hydrogens is 280 g/mol. The zero-order valence-electron chi connectivity index (χ0n) is 13.1. The molecular formula is C17H20N2O3.